The largest absolute Gasteiger partial charge is 0.474 e. The number of morpholine rings is 1. The number of nitrogens with one attached hydrogen (secondary N) is 2. The zero-order chi connectivity index (χ0) is 24.5. The van der Waals surface area contributed by atoms with Crippen molar-refractivity contribution in [2.24, 2.45) is 0 Å². The van der Waals surface area contributed by atoms with Crippen molar-refractivity contribution in [1.29, 1.82) is 5.41 Å². The van der Waals surface area contributed by atoms with E-state index in [1.807, 2.05) is 18.9 Å². The van der Waals surface area contributed by atoms with E-state index in [9.17, 15) is 12.8 Å². The molecular formula is C22H28FN5O5S. The Morgan fingerprint density at radius 2 is 1.97 bits per heavy atom. The average molecular weight is 494 g/mol. The second kappa shape index (κ2) is 9.90. The third-order valence-electron chi connectivity index (χ3n) is 5.63. The lowest BCUT2D eigenvalue weighted by Crippen LogP contribution is -2.59. The van der Waals surface area contributed by atoms with Crippen molar-refractivity contribution < 1.29 is 27.1 Å². The van der Waals surface area contributed by atoms with Crippen LogP contribution in [0.4, 0.5) is 15.9 Å². The molecule has 0 amide bonds. The molecule has 3 heterocycles. The number of nitrogens with zero attached hydrogens (tertiary/aromatic N) is 3. The van der Waals surface area contributed by atoms with E-state index in [1.165, 1.54) is 18.5 Å². The number of anilines is 2. The van der Waals surface area contributed by atoms with E-state index in [-0.39, 0.29) is 52.1 Å². The van der Waals surface area contributed by atoms with Gasteiger partial charge in [0.25, 0.3) is 0 Å². The fraction of sp³-hybridized carbons (Fsp3) is 0.500. The molecular weight excluding hydrogens is 465 g/mol. The lowest BCUT2D eigenvalue weighted by atomic mass is 9.94. The normalized spacial score (nSPS) is 23.0. The summed E-state index contributed by atoms with van der Waals surface area (Å²) in [6, 6.07) is 3.65. The van der Waals surface area contributed by atoms with Gasteiger partial charge in [0.2, 0.25) is 5.88 Å². The van der Waals surface area contributed by atoms with Gasteiger partial charge in [0.15, 0.2) is 9.84 Å². The maximum Gasteiger partial charge on any atom is 0.227 e. The SMILES string of the molecule is CC(C)ON1C2COCC1CC(Oc1ncnc(Nc3ccc(S(C)(=O)=O)cc3F)c1C=N)C2. The standard InChI is InChI=1S/C22H28FN5O5S/c1-13(2)33-28-14-6-16(7-15(28)11-31-10-14)32-22-18(9-24)21(25-12-26-22)27-20-5-4-17(8-19(20)23)34(3,29)30/h4-5,8-9,12-16,24H,6-7,10-11H2,1-3H3,(H,25,26,27). The molecule has 2 aliphatic heterocycles. The molecule has 2 aromatic rings. The number of piperidine rings is 1. The van der Waals surface area contributed by atoms with Crippen molar-refractivity contribution in [3.63, 3.8) is 0 Å². The van der Waals surface area contributed by atoms with Gasteiger partial charge in [-0.2, -0.15) is 5.06 Å². The highest BCUT2D eigenvalue weighted by atomic mass is 32.2. The van der Waals surface area contributed by atoms with Gasteiger partial charge in [-0.15, -0.1) is 0 Å². The van der Waals surface area contributed by atoms with Gasteiger partial charge in [-0.05, 0) is 32.0 Å². The van der Waals surface area contributed by atoms with E-state index < -0.39 is 15.7 Å². The van der Waals surface area contributed by atoms with Crippen molar-refractivity contribution in [3.8, 4) is 5.88 Å². The first kappa shape index (κ1) is 24.5. The van der Waals surface area contributed by atoms with Crippen LogP contribution in [0.2, 0.25) is 0 Å². The number of aromatic nitrogens is 2. The molecule has 184 valence electrons. The summed E-state index contributed by atoms with van der Waals surface area (Å²) in [5.41, 5.74) is 0.280. The second-order valence-electron chi connectivity index (χ2n) is 8.69. The molecule has 2 bridgehead atoms. The summed E-state index contributed by atoms with van der Waals surface area (Å²) in [4.78, 5) is 14.2. The van der Waals surface area contributed by atoms with Crippen LogP contribution in [0.15, 0.2) is 29.4 Å². The molecule has 10 nitrogen and oxygen atoms in total. The lowest BCUT2D eigenvalue weighted by Gasteiger charge is -2.47. The molecule has 12 heteroatoms. The van der Waals surface area contributed by atoms with Crippen LogP contribution in [0.3, 0.4) is 0 Å². The molecule has 0 spiro atoms. The number of ether oxygens (including phenoxy) is 2. The fourth-order valence-corrected chi connectivity index (χ4v) is 4.79. The van der Waals surface area contributed by atoms with Crippen LogP contribution < -0.4 is 10.1 Å². The number of benzene rings is 1. The van der Waals surface area contributed by atoms with Crippen LogP contribution in [-0.4, -0.2) is 73.4 Å². The molecule has 1 aromatic carbocycles. The molecule has 0 aliphatic carbocycles. The molecule has 34 heavy (non-hydrogen) atoms. The van der Waals surface area contributed by atoms with E-state index in [1.54, 1.807) is 0 Å². The van der Waals surface area contributed by atoms with Gasteiger partial charge < -0.3 is 20.2 Å². The summed E-state index contributed by atoms with van der Waals surface area (Å²) in [7, 11) is -3.54. The first-order valence-corrected chi connectivity index (χ1v) is 12.9. The van der Waals surface area contributed by atoms with Gasteiger partial charge in [-0.1, -0.05) is 0 Å². The molecule has 2 aliphatic rings. The number of rotatable bonds is 8. The fourth-order valence-electron chi connectivity index (χ4n) is 4.16. The smallest absolute Gasteiger partial charge is 0.227 e. The zero-order valence-electron chi connectivity index (χ0n) is 19.2. The molecule has 2 fully saturated rings. The third-order valence-corrected chi connectivity index (χ3v) is 6.74. The van der Waals surface area contributed by atoms with E-state index in [0.29, 0.717) is 26.1 Å². The summed E-state index contributed by atoms with van der Waals surface area (Å²) in [6.45, 7) is 5.06. The number of fused-ring (bicyclic) bond motifs is 2. The maximum atomic E-state index is 14.5. The summed E-state index contributed by atoms with van der Waals surface area (Å²) in [6.07, 6.45) is 4.54. The van der Waals surface area contributed by atoms with Gasteiger partial charge in [0.05, 0.1) is 47.5 Å². The number of sulfone groups is 1. The first-order valence-electron chi connectivity index (χ1n) is 11.0. The summed E-state index contributed by atoms with van der Waals surface area (Å²) >= 11 is 0. The van der Waals surface area contributed by atoms with Crippen molar-refractivity contribution in [3.05, 3.63) is 35.9 Å². The van der Waals surface area contributed by atoms with Crippen LogP contribution in [0, 0.1) is 11.2 Å². The highest BCUT2D eigenvalue weighted by molar-refractivity contribution is 7.90. The Morgan fingerprint density at radius 3 is 2.56 bits per heavy atom. The van der Waals surface area contributed by atoms with E-state index in [2.05, 4.69) is 15.3 Å². The van der Waals surface area contributed by atoms with Gasteiger partial charge >= 0.3 is 0 Å². The monoisotopic (exact) mass is 493 g/mol. The summed E-state index contributed by atoms with van der Waals surface area (Å²) in [5, 5.41) is 12.7. The van der Waals surface area contributed by atoms with Crippen molar-refractivity contribution in [2.45, 2.75) is 55.9 Å². The molecule has 0 saturated carbocycles. The van der Waals surface area contributed by atoms with Crippen LogP contribution in [0.1, 0.15) is 32.3 Å². The van der Waals surface area contributed by atoms with Crippen LogP contribution in [0.5, 0.6) is 5.88 Å². The van der Waals surface area contributed by atoms with Crippen molar-refractivity contribution in [1.82, 2.24) is 15.0 Å². The maximum absolute atomic E-state index is 14.5. The number of hydrogen-bond acceptors (Lipinski definition) is 10. The van der Waals surface area contributed by atoms with Crippen LogP contribution >= 0.6 is 0 Å². The Kier molecular flexibility index (Phi) is 7.12. The Hall–Kier alpha value is -2.67. The Morgan fingerprint density at radius 1 is 1.26 bits per heavy atom. The summed E-state index contributed by atoms with van der Waals surface area (Å²) < 4.78 is 49.8. The predicted molar refractivity (Wildman–Crippen MR) is 123 cm³/mol. The molecule has 4 rings (SSSR count). The van der Waals surface area contributed by atoms with Crippen molar-refractivity contribution in [2.75, 3.05) is 24.8 Å². The van der Waals surface area contributed by atoms with Crippen LogP contribution in [0.25, 0.3) is 0 Å². The lowest BCUT2D eigenvalue weighted by molar-refractivity contribution is -0.291. The zero-order valence-corrected chi connectivity index (χ0v) is 20.0. The minimum Gasteiger partial charge on any atom is -0.474 e. The molecule has 2 N–H and O–H groups in total. The van der Waals surface area contributed by atoms with E-state index >= 15 is 0 Å². The minimum absolute atomic E-state index is 0.0194. The highest BCUT2D eigenvalue weighted by Gasteiger charge is 2.41. The van der Waals surface area contributed by atoms with Crippen molar-refractivity contribution >= 4 is 27.6 Å². The highest BCUT2D eigenvalue weighted by Crippen LogP contribution is 2.33. The topological polar surface area (TPSA) is 127 Å². The molecule has 2 unspecified atom stereocenters. The minimum atomic E-state index is -3.54. The Labute approximate surface area is 197 Å². The Balaban J connectivity index is 1.52. The quantitative estimate of drug-likeness (QED) is 0.534. The molecule has 0 radical (unpaired) electrons. The van der Waals surface area contributed by atoms with E-state index in [4.69, 9.17) is 19.7 Å². The molecule has 2 atom stereocenters. The number of hydrogen-bond donors (Lipinski definition) is 2. The second-order valence-corrected chi connectivity index (χ2v) is 10.7. The van der Waals surface area contributed by atoms with Gasteiger partial charge in [0.1, 0.15) is 24.1 Å². The van der Waals surface area contributed by atoms with Gasteiger partial charge in [-0.3, -0.25) is 4.84 Å². The van der Waals surface area contributed by atoms with E-state index in [0.717, 1.165) is 18.5 Å². The predicted octanol–water partition coefficient (Wildman–Crippen LogP) is 2.71. The summed E-state index contributed by atoms with van der Waals surface area (Å²) in [5.74, 6) is -0.372. The van der Waals surface area contributed by atoms with Gasteiger partial charge in [0, 0.05) is 25.3 Å². The average Bonchev–Trinajstić information content (AvgIpc) is 2.75. The molecule has 2 saturated heterocycles. The first-order chi connectivity index (χ1) is 16.2. The number of hydroxylamine groups is 2. The Bertz CT molecular complexity index is 1150. The van der Waals surface area contributed by atoms with Gasteiger partial charge in [-0.25, -0.2) is 22.8 Å². The third kappa shape index (κ3) is 5.35. The number of halogens is 1. The van der Waals surface area contributed by atoms with Crippen LogP contribution in [-0.2, 0) is 19.4 Å². The molecule has 1 aromatic heterocycles.